The molecule has 0 fully saturated rings. The quantitative estimate of drug-likeness (QED) is 0.896. The normalized spacial score (nSPS) is 12.3. The molecule has 0 aromatic heterocycles. The molecule has 1 N–H and O–H groups in total. The molecular formula is C11H13BrFNO. The smallest absolute Gasteiger partial charge is 0.227 e. The van der Waals surface area contributed by atoms with Crippen LogP contribution >= 0.6 is 15.9 Å². The van der Waals surface area contributed by atoms with Crippen LogP contribution in [0, 0.1) is 11.7 Å². The third kappa shape index (κ3) is 3.30. The molecular weight excluding hydrogens is 261 g/mol. The highest BCUT2D eigenvalue weighted by Crippen LogP contribution is 2.20. The highest BCUT2D eigenvalue weighted by Gasteiger charge is 2.12. The maximum Gasteiger partial charge on any atom is 0.227 e. The monoisotopic (exact) mass is 273 g/mol. The number of carbonyl (C=O) groups excluding carboxylic acids is 1. The molecule has 0 saturated heterocycles. The van der Waals surface area contributed by atoms with Gasteiger partial charge in [0.15, 0.2) is 0 Å². The Bertz CT molecular complexity index is 368. The van der Waals surface area contributed by atoms with Crippen molar-refractivity contribution >= 4 is 27.5 Å². The first-order valence-corrected chi connectivity index (χ1v) is 5.59. The van der Waals surface area contributed by atoms with Gasteiger partial charge in [0.05, 0.1) is 5.69 Å². The van der Waals surface area contributed by atoms with Crippen LogP contribution in [-0.2, 0) is 4.79 Å². The van der Waals surface area contributed by atoms with Crippen LogP contribution in [0.2, 0.25) is 0 Å². The van der Waals surface area contributed by atoms with Crippen LogP contribution in [0.15, 0.2) is 22.7 Å². The molecule has 4 heteroatoms. The highest BCUT2D eigenvalue weighted by atomic mass is 79.9. The van der Waals surface area contributed by atoms with E-state index in [-0.39, 0.29) is 17.5 Å². The Morgan fingerprint density at radius 2 is 2.27 bits per heavy atom. The zero-order chi connectivity index (χ0) is 11.4. The van der Waals surface area contributed by atoms with Gasteiger partial charge in [-0.3, -0.25) is 4.79 Å². The van der Waals surface area contributed by atoms with Crippen LogP contribution in [0.5, 0.6) is 0 Å². The van der Waals surface area contributed by atoms with E-state index in [2.05, 4.69) is 21.2 Å². The lowest BCUT2D eigenvalue weighted by molar-refractivity contribution is -0.119. The summed E-state index contributed by atoms with van der Waals surface area (Å²) in [7, 11) is 0. The van der Waals surface area contributed by atoms with E-state index in [1.165, 1.54) is 6.07 Å². The number of amides is 1. The van der Waals surface area contributed by atoms with Crippen molar-refractivity contribution in [3.8, 4) is 0 Å². The zero-order valence-electron chi connectivity index (χ0n) is 8.68. The molecule has 0 bridgehead atoms. The summed E-state index contributed by atoms with van der Waals surface area (Å²) in [6, 6.07) is 4.56. The fourth-order valence-electron chi connectivity index (χ4n) is 1.03. The van der Waals surface area contributed by atoms with E-state index >= 15 is 0 Å². The molecule has 82 valence electrons. The SMILES string of the molecule is CCC(C)C(=O)Nc1ccc(Br)cc1F. The molecule has 1 unspecified atom stereocenters. The van der Waals surface area contributed by atoms with E-state index in [0.29, 0.717) is 4.47 Å². The average molecular weight is 274 g/mol. The van der Waals surface area contributed by atoms with Crippen molar-refractivity contribution < 1.29 is 9.18 Å². The second-order valence-corrected chi connectivity index (χ2v) is 4.34. The van der Waals surface area contributed by atoms with E-state index in [9.17, 15) is 9.18 Å². The maximum absolute atomic E-state index is 13.3. The van der Waals surface area contributed by atoms with Gasteiger partial charge in [0, 0.05) is 10.4 Å². The Labute approximate surface area is 97.0 Å². The van der Waals surface area contributed by atoms with Crippen molar-refractivity contribution in [2.75, 3.05) is 5.32 Å². The van der Waals surface area contributed by atoms with Crippen LogP contribution < -0.4 is 5.32 Å². The fourth-order valence-corrected chi connectivity index (χ4v) is 1.37. The zero-order valence-corrected chi connectivity index (χ0v) is 10.3. The molecule has 2 nitrogen and oxygen atoms in total. The molecule has 1 aromatic carbocycles. The van der Waals surface area contributed by atoms with Crippen molar-refractivity contribution in [2.24, 2.45) is 5.92 Å². The number of benzene rings is 1. The van der Waals surface area contributed by atoms with Crippen LogP contribution in [-0.4, -0.2) is 5.91 Å². The van der Waals surface area contributed by atoms with Crippen molar-refractivity contribution in [3.63, 3.8) is 0 Å². The number of halogens is 2. The summed E-state index contributed by atoms with van der Waals surface area (Å²) in [5.74, 6) is -0.687. The highest BCUT2D eigenvalue weighted by molar-refractivity contribution is 9.10. The molecule has 1 rings (SSSR count). The van der Waals surface area contributed by atoms with Gasteiger partial charge >= 0.3 is 0 Å². The van der Waals surface area contributed by atoms with Gasteiger partial charge in [0.2, 0.25) is 5.91 Å². The minimum Gasteiger partial charge on any atom is -0.323 e. The first-order valence-electron chi connectivity index (χ1n) is 4.80. The molecule has 0 spiro atoms. The number of nitrogens with one attached hydrogen (secondary N) is 1. The molecule has 0 aliphatic carbocycles. The molecule has 15 heavy (non-hydrogen) atoms. The van der Waals surface area contributed by atoms with Crippen molar-refractivity contribution in [1.29, 1.82) is 0 Å². The van der Waals surface area contributed by atoms with Crippen molar-refractivity contribution in [2.45, 2.75) is 20.3 Å². The van der Waals surface area contributed by atoms with Crippen LogP contribution in [0.3, 0.4) is 0 Å². The fraction of sp³-hybridized carbons (Fsp3) is 0.364. The van der Waals surface area contributed by atoms with Gasteiger partial charge in [0.1, 0.15) is 5.82 Å². The molecule has 0 aliphatic heterocycles. The second-order valence-electron chi connectivity index (χ2n) is 3.42. The summed E-state index contributed by atoms with van der Waals surface area (Å²) in [5.41, 5.74) is 0.225. The van der Waals surface area contributed by atoms with Gasteiger partial charge in [-0.15, -0.1) is 0 Å². The second kappa shape index (κ2) is 5.26. The molecule has 1 amide bonds. The third-order valence-electron chi connectivity index (χ3n) is 2.25. The minimum atomic E-state index is -0.430. The Hall–Kier alpha value is -0.900. The summed E-state index contributed by atoms with van der Waals surface area (Å²) in [6.07, 6.45) is 0.740. The Kier molecular flexibility index (Phi) is 4.27. The van der Waals surface area contributed by atoms with Crippen molar-refractivity contribution in [3.05, 3.63) is 28.5 Å². The topological polar surface area (TPSA) is 29.1 Å². The Morgan fingerprint density at radius 3 is 2.80 bits per heavy atom. The van der Waals surface area contributed by atoms with Gasteiger partial charge in [-0.1, -0.05) is 29.8 Å². The van der Waals surface area contributed by atoms with E-state index in [1.807, 2.05) is 13.8 Å². The third-order valence-corrected chi connectivity index (χ3v) is 2.74. The summed E-state index contributed by atoms with van der Waals surface area (Å²) in [6.45, 7) is 3.73. The van der Waals surface area contributed by atoms with Gasteiger partial charge in [-0.25, -0.2) is 4.39 Å². The number of hydrogen-bond donors (Lipinski definition) is 1. The molecule has 0 aliphatic rings. The summed E-state index contributed by atoms with van der Waals surface area (Å²) in [5, 5.41) is 2.55. The lowest BCUT2D eigenvalue weighted by Gasteiger charge is -2.10. The largest absolute Gasteiger partial charge is 0.323 e. The standard InChI is InChI=1S/C11H13BrFNO/c1-3-7(2)11(15)14-10-5-4-8(12)6-9(10)13/h4-7H,3H2,1-2H3,(H,14,15). The number of rotatable bonds is 3. The summed E-state index contributed by atoms with van der Waals surface area (Å²) in [4.78, 5) is 11.5. The average Bonchev–Trinajstić information content (AvgIpc) is 2.20. The van der Waals surface area contributed by atoms with E-state index < -0.39 is 5.82 Å². The predicted octanol–water partition coefficient (Wildman–Crippen LogP) is 3.57. The van der Waals surface area contributed by atoms with Gasteiger partial charge in [-0.2, -0.15) is 0 Å². The number of carbonyl (C=O) groups is 1. The van der Waals surface area contributed by atoms with E-state index in [1.54, 1.807) is 12.1 Å². The predicted molar refractivity (Wildman–Crippen MR) is 62.2 cm³/mol. The van der Waals surface area contributed by atoms with Crippen LogP contribution in [0.4, 0.5) is 10.1 Å². The molecule has 0 radical (unpaired) electrons. The van der Waals surface area contributed by atoms with E-state index in [4.69, 9.17) is 0 Å². The first-order chi connectivity index (χ1) is 7.04. The van der Waals surface area contributed by atoms with Crippen molar-refractivity contribution in [1.82, 2.24) is 0 Å². The van der Waals surface area contributed by atoms with E-state index in [0.717, 1.165) is 6.42 Å². The lowest BCUT2D eigenvalue weighted by Crippen LogP contribution is -2.20. The van der Waals surface area contributed by atoms with Gasteiger partial charge < -0.3 is 5.32 Å². The molecule has 1 aromatic rings. The molecule has 1 atom stereocenters. The lowest BCUT2D eigenvalue weighted by atomic mass is 10.1. The number of anilines is 1. The van der Waals surface area contributed by atoms with Gasteiger partial charge in [-0.05, 0) is 24.6 Å². The minimum absolute atomic E-state index is 0.104. The summed E-state index contributed by atoms with van der Waals surface area (Å²) < 4.78 is 14.0. The first kappa shape index (κ1) is 12.2. The Morgan fingerprint density at radius 1 is 1.60 bits per heavy atom. The summed E-state index contributed by atoms with van der Waals surface area (Å²) >= 11 is 3.15. The van der Waals surface area contributed by atoms with Crippen LogP contribution in [0.25, 0.3) is 0 Å². The molecule has 0 saturated carbocycles. The molecule has 0 heterocycles. The number of hydrogen-bond acceptors (Lipinski definition) is 1. The maximum atomic E-state index is 13.3. The van der Waals surface area contributed by atoms with Gasteiger partial charge in [0.25, 0.3) is 0 Å². The van der Waals surface area contributed by atoms with Crippen LogP contribution in [0.1, 0.15) is 20.3 Å². The Balaban J connectivity index is 2.77.